The van der Waals surface area contributed by atoms with E-state index in [-0.39, 0.29) is 1.43 Å². The van der Waals surface area contributed by atoms with Crippen molar-refractivity contribution < 1.29 is 1.43 Å². The minimum atomic E-state index is 0. The quantitative estimate of drug-likeness (QED) is 0.595. The van der Waals surface area contributed by atoms with Gasteiger partial charge < -0.3 is 0 Å². The predicted octanol–water partition coefficient (Wildman–Crippen LogP) is 1.51. The summed E-state index contributed by atoms with van der Waals surface area (Å²) in [7, 11) is 0. The molecule has 0 bridgehead atoms. The molecule has 2 aromatic rings. The molecule has 0 unspecified atom stereocenters. The third kappa shape index (κ3) is 0.673. The van der Waals surface area contributed by atoms with E-state index in [1.54, 1.807) is 0 Å². The van der Waals surface area contributed by atoms with E-state index in [0.29, 0.717) is 0 Å². The molecule has 52 valence electrons. The largest absolute Gasteiger partial charge is 0.197 e. The summed E-state index contributed by atoms with van der Waals surface area (Å²) in [4.78, 5) is 0. The second-order valence-electron chi connectivity index (χ2n) is 2.32. The van der Waals surface area contributed by atoms with Gasteiger partial charge in [-0.1, -0.05) is 6.07 Å². The number of aromatic nitrogens is 3. The van der Waals surface area contributed by atoms with E-state index < -0.39 is 0 Å². The zero-order chi connectivity index (χ0) is 6.97. The van der Waals surface area contributed by atoms with E-state index in [4.69, 9.17) is 0 Å². The number of H-pyrrole nitrogens is 1. The van der Waals surface area contributed by atoms with Crippen molar-refractivity contribution in [1.82, 2.24) is 15.4 Å². The standard InChI is InChI=1S/C7H7N3.H2/c1-5-2-3-6-7(4-5)9-10-8-6;/h2-4H,1H3,(H,8,9,10);1H. The summed E-state index contributed by atoms with van der Waals surface area (Å²) in [6, 6.07) is 5.97. The molecule has 0 aliphatic carbocycles. The van der Waals surface area contributed by atoms with Crippen molar-refractivity contribution in [2.75, 3.05) is 0 Å². The molecule has 1 heterocycles. The average molecular weight is 135 g/mol. The van der Waals surface area contributed by atoms with Gasteiger partial charge in [-0.3, -0.25) is 0 Å². The smallest absolute Gasteiger partial charge is 0.113 e. The fourth-order valence-electron chi connectivity index (χ4n) is 0.950. The lowest BCUT2D eigenvalue weighted by Gasteiger charge is -1.87. The number of aromatic amines is 1. The highest BCUT2D eigenvalue weighted by Gasteiger charge is 1.94. The van der Waals surface area contributed by atoms with E-state index in [9.17, 15) is 0 Å². The van der Waals surface area contributed by atoms with Crippen LogP contribution in [-0.2, 0) is 0 Å². The van der Waals surface area contributed by atoms with E-state index >= 15 is 0 Å². The van der Waals surface area contributed by atoms with E-state index in [1.165, 1.54) is 5.56 Å². The summed E-state index contributed by atoms with van der Waals surface area (Å²) in [5.74, 6) is 0. The monoisotopic (exact) mass is 135 g/mol. The maximum atomic E-state index is 3.94. The highest BCUT2D eigenvalue weighted by atomic mass is 15.3. The topological polar surface area (TPSA) is 41.6 Å². The highest BCUT2D eigenvalue weighted by molar-refractivity contribution is 5.73. The van der Waals surface area contributed by atoms with Crippen molar-refractivity contribution in [3.8, 4) is 0 Å². The van der Waals surface area contributed by atoms with Crippen LogP contribution in [0.5, 0.6) is 0 Å². The maximum Gasteiger partial charge on any atom is 0.113 e. The molecular formula is C7H9N3. The van der Waals surface area contributed by atoms with Crippen LogP contribution in [0.1, 0.15) is 6.99 Å². The molecule has 0 spiro atoms. The third-order valence-electron chi connectivity index (χ3n) is 1.47. The van der Waals surface area contributed by atoms with Crippen LogP contribution in [0.4, 0.5) is 0 Å². The van der Waals surface area contributed by atoms with E-state index in [0.717, 1.165) is 11.0 Å². The molecular weight excluding hydrogens is 126 g/mol. The molecule has 1 aromatic carbocycles. The highest BCUT2D eigenvalue weighted by Crippen LogP contribution is 2.08. The maximum absolute atomic E-state index is 3.94. The molecule has 1 N–H and O–H groups in total. The molecule has 0 saturated carbocycles. The first-order chi connectivity index (χ1) is 4.86. The Hall–Kier alpha value is -1.38. The van der Waals surface area contributed by atoms with Gasteiger partial charge in [0.25, 0.3) is 0 Å². The number of benzene rings is 1. The Labute approximate surface area is 59.5 Å². The summed E-state index contributed by atoms with van der Waals surface area (Å²) >= 11 is 0. The van der Waals surface area contributed by atoms with Gasteiger partial charge in [-0.2, -0.15) is 15.4 Å². The van der Waals surface area contributed by atoms with Crippen LogP contribution >= 0.6 is 0 Å². The second-order valence-corrected chi connectivity index (χ2v) is 2.32. The molecule has 0 amide bonds. The molecule has 2 rings (SSSR count). The minimum absolute atomic E-state index is 0. The lowest BCUT2D eigenvalue weighted by Crippen LogP contribution is -1.71. The lowest BCUT2D eigenvalue weighted by molar-refractivity contribution is 0.959. The van der Waals surface area contributed by atoms with Crippen molar-refractivity contribution in [2.45, 2.75) is 6.92 Å². The number of hydrogen-bond acceptors (Lipinski definition) is 2. The molecule has 3 heteroatoms. The molecule has 0 saturated heterocycles. The van der Waals surface area contributed by atoms with Gasteiger partial charge in [0.2, 0.25) is 0 Å². The van der Waals surface area contributed by atoms with Gasteiger partial charge in [0.1, 0.15) is 11.0 Å². The van der Waals surface area contributed by atoms with Gasteiger partial charge in [0, 0.05) is 1.43 Å². The Bertz CT molecular complexity index is 355. The zero-order valence-electron chi connectivity index (χ0n) is 5.63. The lowest BCUT2D eigenvalue weighted by atomic mass is 10.2. The van der Waals surface area contributed by atoms with E-state index in [1.807, 2.05) is 25.1 Å². The van der Waals surface area contributed by atoms with Crippen LogP contribution in [0.25, 0.3) is 11.0 Å². The Morgan fingerprint density at radius 1 is 1.30 bits per heavy atom. The number of nitrogens with one attached hydrogen (secondary N) is 1. The van der Waals surface area contributed by atoms with Crippen molar-refractivity contribution in [3.05, 3.63) is 23.8 Å². The SMILES string of the molecule is Cc1ccc2n[nH]nc2c1.[HH]. The Balaban J connectivity index is 0.000000605. The molecule has 0 aliphatic heterocycles. The fourth-order valence-corrected chi connectivity index (χ4v) is 0.950. The average Bonchev–Trinajstić information content (AvgIpc) is 2.33. The number of nitrogens with zero attached hydrogens (tertiary/aromatic N) is 2. The van der Waals surface area contributed by atoms with Gasteiger partial charge in [-0.15, -0.1) is 0 Å². The number of rotatable bonds is 0. The summed E-state index contributed by atoms with van der Waals surface area (Å²) < 4.78 is 0. The number of aryl methyl sites for hydroxylation is 1. The first-order valence-corrected chi connectivity index (χ1v) is 3.13. The molecule has 0 aliphatic rings. The molecule has 0 radical (unpaired) electrons. The fraction of sp³-hybridized carbons (Fsp3) is 0.143. The second kappa shape index (κ2) is 1.80. The summed E-state index contributed by atoms with van der Waals surface area (Å²) in [5, 5.41) is 10.4. The van der Waals surface area contributed by atoms with Crippen molar-refractivity contribution in [1.29, 1.82) is 0 Å². The Morgan fingerprint density at radius 2 is 2.10 bits per heavy atom. The molecule has 0 fully saturated rings. The molecule has 0 atom stereocenters. The third-order valence-corrected chi connectivity index (χ3v) is 1.47. The van der Waals surface area contributed by atoms with Gasteiger partial charge in [-0.25, -0.2) is 0 Å². The number of hydrogen-bond donors (Lipinski definition) is 1. The Morgan fingerprint density at radius 3 is 3.00 bits per heavy atom. The first kappa shape index (κ1) is 5.41. The molecule has 3 nitrogen and oxygen atoms in total. The Kier molecular flexibility index (Phi) is 0.974. The predicted molar refractivity (Wildman–Crippen MR) is 40.7 cm³/mol. The summed E-state index contributed by atoms with van der Waals surface area (Å²) in [6.07, 6.45) is 0. The number of fused-ring (bicyclic) bond motifs is 1. The van der Waals surface area contributed by atoms with Gasteiger partial charge >= 0.3 is 0 Å². The van der Waals surface area contributed by atoms with Crippen molar-refractivity contribution in [3.63, 3.8) is 0 Å². The molecule has 1 aromatic heterocycles. The van der Waals surface area contributed by atoms with Gasteiger partial charge in [0.05, 0.1) is 0 Å². The zero-order valence-corrected chi connectivity index (χ0v) is 5.63. The van der Waals surface area contributed by atoms with Crippen LogP contribution in [0.3, 0.4) is 0 Å². The first-order valence-electron chi connectivity index (χ1n) is 3.13. The van der Waals surface area contributed by atoms with Crippen LogP contribution in [0.15, 0.2) is 18.2 Å². The van der Waals surface area contributed by atoms with Gasteiger partial charge in [-0.05, 0) is 24.6 Å². The van der Waals surface area contributed by atoms with Crippen molar-refractivity contribution >= 4 is 11.0 Å². The van der Waals surface area contributed by atoms with Crippen molar-refractivity contribution in [2.24, 2.45) is 0 Å². The molecule has 10 heavy (non-hydrogen) atoms. The van der Waals surface area contributed by atoms with Crippen LogP contribution in [0.2, 0.25) is 0 Å². The van der Waals surface area contributed by atoms with Gasteiger partial charge in [0.15, 0.2) is 0 Å². The van der Waals surface area contributed by atoms with E-state index in [2.05, 4.69) is 15.4 Å². The minimum Gasteiger partial charge on any atom is -0.197 e. The van der Waals surface area contributed by atoms with Crippen LogP contribution in [0, 0.1) is 6.92 Å². The normalized spacial score (nSPS) is 10.5. The summed E-state index contributed by atoms with van der Waals surface area (Å²) in [6.45, 7) is 2.04. The van der Waals surface area contributed by atoms with Crippen LogP contribution in [-0.4, -0.2) is 15.4 Å². The summed E-state index contributed by atoms with van der Waals surface area (Å²) in [5.41, 5.74) is 3.06. The van der Waals surface area contributed by atoms with Crippen LogP contribution < -0.4 is 0 Å².